The molecule has 0 amide bonds. The molecule has 0 aliphatic heterocycles. The fourth-order valence-electron chi connectivity index (χ4n) is 4.61. The lowest BCUT2D eigenvalue weighted by Gasteiger charge is -2.39. The average molecular weight is 495 g/mol. The van der Waals surface area contributed by atoms with Crippen molar-refractivity contribution in [2.24, 2.45) is 5.92 Å². The van der Waals surface area contributed by atoms with Crippen molar-refractivity contribution in [2.75, 3.05) is 0 Å². The highest BCUT2D eigenvalue weighted by Gasteiger charge is 2.36. The van der Waals surface area contributed by atoms with Gasteiger partial charge in [0.1, 0.15) is 0 Å². The number of benzene rings is 2. The van der Waals surface area contributed by atoms with E-state index < -0.39 is 5.97 Å². The topological polar surface area (TPSA) is 54.4 Å². The SMILES string of the molecule is CC.CCCC(=O)/C=C\C(=O)O.CCCC(CC)C(C)(c1cccc(CC)c1)c1cccc(CC)c1. The minimum atomic E-state index is -1.08. The molecule has 36 heavy (non-hydrogen) atoms. The lowest BCUT2D eigenvalue weighted by atomic mass is 9.64. The van der Waals surface area contributed by atoms with E-state index in [2.05, 4.69) is 83.1 Å². The Morgan fingerprint density at radius 1 is 0.833 bits per heavy atom. The highest BCUT2D eigenvalue weighted by molar-refractivity contribution is 5.95. The molecule has 0 aromatic heterocycles. The molecule has 0 fully saturated rings. The first-order valence-electron chi connectivity index (χ1n) is 13.9. The Morgan fingerprint density at radius 2 is 1.33 bits per heavy atom. The summed E-state index contributed by atoms with van der Waals surface area (Å²) in [5.74, 6) is -0.545. The second kappa shape index (κ2) is 18.6. The second-order valence-electron chi connectivity index (χ2n) is 9.09. The molecule has 0 saturated carbocycles. The van der Waals surface area contributed by atoms with Gasteiger partial charge in [0.2, 0.25) is 0 Å². The molecule has 0 saturated heterocycles. The van der Waals surface area contributed by atoms with Crippen LogP contribution in [0, 0.1) is 5.92 Å². The van der Waals surface area contributed by atoms with Crippen molar-refractivity contribution < 1.29 is 14.7 Å². The number of allylic oxidation sites excluding steroid dienone is 1. The number of rotatable bonds is 12. The number of carboxylic acid groups (broad SMARTS) is 1. The minimum Gasteiger partial charge on any atom is -0.478 e. The van der Waals surface area contributed by atoms with Gasteiger partial charge in [-0.1, -0.05) is 117 Å². The molecule has 0 spiro atoms. The van der Waals surface area contributed by atoms with E-state index in [-0.39, 0.29) is 11.2 Å². The third-order valence-corrected chi connectivity index (χ3v) is 6.72. The van der Waals surface area contributed by atoms with Crippen molar-refractivity contribution in [3.05, 3.63) is 82.9 Å². The molecule has 200 valence electrons. The summed E-state index contributed by atoms with van der Waals surface area (Å²) in [7, 11) is 0. The molecule has 1 unspecified atom stereocenters. The fourth-order valence-corrected chi connectivity index (χ4v) is 4.61. The molecule has 1 N–H and O–H groups in total. The van der Waals surface area contributed by atoms with Crippen molar-refractivity contribution >= 4 is 11.8 Å². The lowest BCUT2D eigenvalue weighted by Crippen LogP contribution is -2.33. The Labute approximate surface area is 221 Å². The van der Waals surface area contributed by atoms with Crippen LogP contribution in [0.5, 0.6) is 0 Å². The van der Waals surface area contributed by atoms with Crippen LogP contribution in [0.2, 0.25) is 0 Å². The number of carbonyl (C=O) groups excluding carboxylic acids is 1. The maximum Gasteiger partial charge on any atom is 0.328 e. The van der Waals surface area contributed by atoms with E-state index in [9.17, 15) is 9.59 Å². The van der Waals surface area contributed by atoms with Gasteiger partial charge in [-0.05, 0) is 59.9 Å². The van der Waals surface area contributed by atoms with Crippen LogP contribution in [0.3, 0.4) is 0 Å². The number of carboxylic acids is 1. The molecular weight excluding hydrogens is 444 g/mol. The molecule has 0 aliphatic carbocycles. The van der Waals surface area contributed by atoms with Crippen LogP contribution in [0.25, 0.3) is 0 Å². The average Bonchev–Trinajstić information content (AvgIpc) is 2.91. The van der Waals surface area contributed by atoms with E-state index in [1.54, 1.807) is 0 Å². The van der Waals surface area contributed by atoms with Gasteiger partial charge in [-0.3, -0.25) is 4.79 Å². The number of carbonyl (C=O) groups is 2. The second-order valence-corrected chi connectivity index (χ2v) is 9.09. The van der Waals surface area contributed by atoms with Crippen molar-refractivity contribution in [1.82, 2.24) is 0 Å². The molecule has 2 rings (SSSR count). The van der Waals surface area contributed by atoms with Gasteiger partial charge in [0.05, 0.1) is 0 Å². The molecule has 0 radical (unpaired) electrons. The Balaban J connectivity index is 0.000000861. The quantitative estimate of drug-likeness (QED) is 0.300. The highest BCUT2D eigenvalue weighted by atomic mass is 16.4. The molecule has 3 heteroatoms. The molecule has 0 aliphatic rings. The predicted octanol–water partition coefficient (Wildman–Crippen LogP) is 8.97. The van der Waals surface area contributed by atoms with E-state index in [4.69, 9.17) is 5.11 Å². The maximum absolute atomic E-state index is 10.6. The van der Waals surface area contributed by atoms with Gasteiger partial charge in [0, 0.05) is 17.9 Å². The number of aryl methyl sites for hydroxylation is 2. The van der Waals surface area contributed by atoms with Crippen LogP contribution in [-0.2, 0) is 27.8 Å². The van der Waals surface area contributed by atoms with Crippen LogP contribution in [-0.4, -0.2) is 16.9 Å². The minimum absolute atomic E-state index is 0.0844. The molecular formula is C33H50O3. The fraction of sp³-hybridized carbons (Fsp3) is 0.515. The molecule has 0 bridgehead atoms. The van der Waals surface area contributed by atoms with Gasteiger partial charge >= 0.3 is 5.97 Å². The van der Waals surface area contributed by atoms with Gasteiger partial charge in [-0.15, -0.1) is 0 Å². The van der Waals surface area contributed by atoms with Crippen molar-refractivity contribution in [1.29, 1.82) is 0 Å². The van der Waals surface area contributed by atoms with Crippen molar-refractivity contribution in [2.45, 2.75) is 106 Å². The molecule has 0 heterocycles. The summed E-state index contributed by atoms with van der Waals surface area (Å²) in [6.07, 6.45) is 9.06. The third-order valence-electron chi connectivity index (χ3n) is 6.72. The van der Waals surface area contributed by atoms with Crippen LogP contribution >= 0.6 is 0 Å². The van der Waals surface area contributed by atoms with E-state index in [0.717, 1.165) is 31.4 Å². The summed E-state index contributed by atoms with van der Waals surface area (Å²) in [5.41, 5.74) is 5.93. The smallest absolute Gasteiger partial charge is 0.328 e. The van der Waals surface area contributed by atoms with E-state index >= 15 is 0 Å². The lowest BCUT2D eigenvalue weighted by molar-refractivity contribution is -0.131. The van der Waals surface area contributed by atoms with Crippen LogP contribution in [0.4, 0.5) is 0 Å². The first-order valence-corrected chi connectivity index (χ1v) is 13.9. The zero-order chi connectivity index (χ0) is 27.6. The first-order chi connectivity index (χ1) is 17.3. The van der Waals surface area contributed by atoms with Crippen molar-refractivity contribution in [3.8, 4) is 0 Å². The largest absolute Gasteiger partial charge is 0.478 e. The molecule has 3 nitrogen and oxygen atoms in total. The molecule has 1 atom stereocenters. The maximum atomic E-state index is 10.6. The van der Waals surface area contributed by atoms with Crippen LogP contribution < -0.4 is 0 Å². The monoisotopic (exact) mass is 494 g/mol. The first kappa shape index (κ1) is 33.3. The van der Waals surface area contributed by atoms with E-state index in [1.165, 1.54) is 41.5 Å². The molecule has 2 aromatic rings. The van der Waals surface area contributed by atoms with Gasteiger partial charge in [0.15, 0.2) is 5.78 Å². The third kappa shape index (κ3) is 10.5. The summed E-state index contributed by atoms with van der Waals surface area (Å²) in [6.45, 7) is 17.5. The van der Waals surface area contributed by atoms with Crippen LogP contribution in [0.15, 0.2) is 60.7 Å². The number of ketones is 1. The van der Waals surface area contributed by atoms with Gasteiger partial charge in [-0.2, -0.15) is 0 Å². The molecule has 2 aromatic carbocycles. The van der Waals surface area contributed by atoms with Gasteiger partial charge < -0.3 is 5.11 Å². The van der Waals surface area contributed by atoms with E-state index in [0.29, 0.717) is 12.3 Å². The number of hydrogen-bond donors (Lipinski definition) is 1. The summed E-state index contributed by atoms with van der Waals surface area (Å²) in [6, 6.07) is 18.6. The van der Waals surface area contributed by atoms with E-state index in [1.807, 2.05) is 20.8 Å². The number of aliphatic carboxylic acids is 1. The summed E-state index contributed by atoms with van der Waals surface area (Å²) in [4.78, 5) is 20.5. The normalized spacial score (nSPS) is 11.7. The van der Waals surface area contributed by atoms with Gasteiger partial charge in [0.25, 0.3) is 0 Å². The zero-order valence-corrected chi connectivity index (χ0v) is 24.1. The Morgan fingerprint density at radius 3 is 1.69 bits per heavy atom. The summed E-state index contributed by atoms with van der Waals surface area (Å²) in [5, 5.41) is 8.09. The zero-order valence-electron chi connectivity index (χ0n) is 24.1. The summed E-state index contributed by atoms with van der Waals surface area (Å²) >= 11 is 0. The summed E-state index contributed by atoms with van der Waals surface area (Å²) < 4.78 is 0. The predicted molar refractivity (Wildman–Crippen MR) is 155 cm³/mol. The standard InChI is InChI=1S/C24H34.C7H10O3.C2H6/c1-6-12-21(9-4)24(5,22-15-10-13-19(7-2)17-22)23-16-11-14-20(8-3)18-23;1-2-3-6(8)4-5-7(9)10;1-2/h10-11,13-18,21H,6-9,12H2,1-5H3;4-5H,2-3H2,1H3,(H,9,10);1-2H3/b;5-4-;. The number of hydrogen-bond acceptors (Lipinski definition) is 2. The van der Waals surface area contributed by atoms with Gasteiger partial charge in [-0.25, -0.2) is 4.79 Å². The Bertz CT molecular complexity index is 879. The Kier molecular flexibility index (Phi) is 17.2. The van der Waals surface area contributed by atoms with Crippen molar-refractivity contribution in [3.63, 3.8) is 0 Å². The highest BCUT2D eigenvalue weighted by Crippen LogP contribution is 2.43. The van der Waals surface area contributed by atoms with Crippen LogP contribution in [0.1, 0.15) is 110 Å². The Hall–Kier alpha value is -2.68.